The summed E-state index contributed by atoms with van der Waals surface area (Å²) in [6, 6.07) is 13.6. The zero-order valence-electron chi connectivity index (χ0n) is 13.2. The number of nitrogens with two attached hydrogens (primary N) is 1. The first-order chi connectivity index (χ1) is 12.0. The minimum atomic E-state index is -0.962. The van der Waals surface area contributed by atoms with Crippen molar-refractivity contribution in [1.29, 1.82) is 0 Å². The van der Waals surface area contributed by atoms with Crippen LogP contribution in [0.25, 0.3) is 0 Å². The number of halogens is 1. The molecule has 0 fully saturated rings. The molecule has 6 nitrogen and oxygen atoms in total. The van der Waals surface area contributed by atoms with Crippen molar-refractivity contribution in [3.05, 3.63) is 71.5 Å². The lowest BCUT2D eigenvalue weighted by Crippen LogP contribution is -2.42. The fourth-order valence-corrected chi connectivity index (χ4v) is 2.56. The number of nitrogens with zero attached hydrogens (tertiary/aromatic N) is 1. The van der Waals surface area contributed by atoms with Crippen LogP contribution >= 0.6 is 0 Å². The molecular formula is C18H16FN3O3. The first-order valence-corrected chi connectivity index (χ1v) is 7.68. The highest BCUT2D eigenvalue weighted by molar-refractivity contribution is 6.04. The summed E-state index contributed by atoms with van der Waals surface area (Å²) in [6.45, 7) is 0. The van der Waals surface area contributed by atoms with Gasteiger partial charge in [0.25, 0.3) is 5.91 Å². The van der Waals surface area contributed by atoms with Crippen LogP contribution in [0.15, 0.2) is 59.8 Å². The molecule has 25 heavy (non-hydrogen) atoms. The van der Waals surface area contributed by atoms with Crippen molar-refractivity contribution in [2.75, 3.05) is 0 Å². The molecule has 2 atom stereocenters. The Morgan fingerprint density at radius 3 is 2.64 bits per heavy atom. The molecule has 1 heterocycles. The van der Waals surface area contributed by atoms with Gasteiger partial charge in [-0.2, -0.15) is 0 Å². The van der Waals surface area contributed by atoms with Gasteiger partial charge in [0.05, 0.1) is 5.71 Å². The van der Waals surface area contributed by atoms with Crippen LogP contribution in [0.4, 0.5) is 4.39 Å². The number of hydrogen-bond acceptors (Lipinski definition) is 4. The van der Waals surface area contributed by atoms with E-state index in [2.05, 4.69) is 10.5 Å². The number of hydrogen-bond donors (Lipinski definition) is 2. The number of primary amides is 1. The highest BCUT2D eigenvalue weighted by Crippen LogP contribution is 2.19. The molecule has 0 aliphatic carbocycles. The lowest BCUT2D eigenvalue weighted by molar-refractivity contribution is -0.134. The van der Waals surface area contributed by atoms with Crippen LogP contribution in [-0.4, -0.2) is 23.6 Å². The van der Waals surface area contributed by atoms with Gasteiger partial charge < -0.3 is 15.9 Å². The minimum absolute atomic E-state index is 0.176. The Hall–Kier alpha value is -3.22. The van der Waals surface area contributed by atoms with Gasteiger partial charge in [-0.3, -0.25) is 9.59 Å². The van der Waals surface area contributed by atoms with E-state index in [-0.39, 0.29) is 6.42 Å². The van der Waals surface area contributed by atoms with E-state index in [1.54, 1.807) is 42.5 Å². The van der Waals surface area contributed by atoms with Crippen molar-refractivity contribution in [1.82, 2.24) is 5.32 Å². The summed E-state index contributed by atoms with van der Waals surface area (Å²) >= 11 is 0. The first-order valence-electron chi connectivity index (χ1n) is 7.68. The first kappa shape index (κ1) is 16.6. The second kappa shape index (κ2) is 7.12. The topological polar surface area (TPSA) is 93.8 Å². The van der Waals surface area contributed by atoms with Gasteiger partial charge in [-0.15, -0.1) is 0 Å². The van der Waals surface area contributed by atoms with E-state index < -0.39 is 29.8 Å². The smallest absolute Gasteiger partial charge is 0.265 e. The molecule has 2 aromatic carbocycles. The number of rotatable bonds is 5. The summed E-state index contributed by atoms with van der Waals surface area (Å²) in [5, 5.41) is 6.42. The lowest BCUT2D eigenvalue weighted by atomic mass is 10.0. The zero-order valence-corrected chi connectivity index (χ0v) is 13.2. The Balaban J connectivity index is 1.67. The van der Waals surface area contributed by atoms with E-state index in [9.17, 15) is 14.0 Å². The van der Waals surface area contributed by atoms with Crippen LogP contribution in [0.3, 0.4) is 0 Å². The Labute approximate surface area is 143 Å². The van der Waals surface area contributed by atoms with Crippen molar-refractivity contribution in [2.24, 2.45) is 10.9 Å². The number of amides is 2. The minimum Gasteiger partial charge on any atom is -0.382 e. The third-order valence-corrected chi connectivity index (χ3v) is 3.82. The van der Waals surface area contributed by atoms with Crippen LogP contribution in [0.5, 0.6) is 0 Å². The van der Waals surface area contributed by atoms with E-state index in [0.717, 1.165) is 0 Å². The highest BCUT2D eigenvalue weighted by atomic mass is 19.1. The van der Waals surface area contributed by atoms with Crippen LogP contribution in [-0.2, 0) is 14.4 Å². The molecule has 0 saturated carbocycles. The van der Waals surface area contributed by atoms with Crippen LogP contribution in [0.1, 0.15) is 23.6 Å². The average molecular weight is 341 g/mol. The average Bonchev–Trinajstić information content (AvgIpc) is 3.10. The molecule has 2 amide bonds. The van der Waals surface area contributed by atoms with Crippen molar-refractivity contribution in [2.45, 2.75) is 18.6 Å². The maximum atomic E-state index is 13.3. The predicted molar refractivity (Wildman–Crippen MR) is 88.9 cm³/mol. The summed E-state index contributed by atoms with van der Waals surface area (Å²) in [4.78, 5) is 29.2. The molecule has 2 aromatic rings. The molecule has 7 heteroatoms. The van der Waals surface area contributed by atoms with Crippen molar-refractivity contribution in [3.63, 3.8) is 0 Å². The van der Waals surface area contributed by atoms with Gasteiger partial charge in [-0.1, -0.05) is 47.6 Å². The Kier molecular flexibility index (Phi) is 4.74. The highest BCUT2D eigenvalue weighted by Gasteiger charge is 2.32. The largest absolute Gasteiger partial charge is 0.382 e. The van der Waals surface area contributed by atoms with Crippen LogP contribution < -0.4 is 11.1 Å². The maximum absolute atomic E-state index is 13.3. The third-order valence-electron chi connectivity index (χ3n) is 3.82. The van der Waals surface area contributed by atoms with Crippen LogP contribution in [0.2, 0.25) is 0 Å². The molecule has 3 N–H and O–H groups in total. The number of benzene rings is 2. The fourth-order valence-electron chi connectivity index (χ4n) is 2.56. The number of carbonyl (C=O) groups is 2. The summed E-state index contributed by atoms with van der Waals surface area (Å²) < 4.78 is 13.3. The molecule has 3 rings (SSSR count). The fraction of sp³-hybridized carbons (Fsp3) is 0.167. The van der Waals surface area contributed by atoms with E-state index >= 15 is 0 Å². The van der Waals surface area contributed by atoms with E-state index in [0.29, 0.717) is 16.8 Å². The molecular weight excluding hydrogens is 325 g/mol. The zero-order chi connectivity index (χ0) is 17.8. The quantitative estimate of drug-likeness (QED) is 0.866. The second-order valence-electron chi connectivity index (χ2n) is 5.60. The van der Waals surface area contributed by atoms with E-state index in [1.165, 1.54) is 12.1 Å². The molecule has 0 spiro atoms. The maximum Gasteiger partial charge on any atom is 0.265 e. The molecule has 0 bridgehead atoms. The SMILES string of the molecule is NC(=O)[C@H](NC(=O)[C@@H]1CC(c2cccc(F)c2)=NO1)c1ccccc1. The Morgan fingerprint density at radius 1 is 1.20 bits per heavy atom. The van der Waals surface area contributed by atoms with Crippen LogP contribution in [0, 0.1) is 5.82 Å². The standard InChI is InChI=1S/C18H16FN3O3/c19-13-8-4-7-12(9-13)14-10-15(25-22-14)18(24)21-16(17(20)23)11-5-2-1-3-6-11/h1-9,15-16H,10H2,(H2,20,23)(H,21,24)/t15-,16+/m0/s1. The summed E-state index contributed by atoms with van der Waals surface area (Å²) in [7, 11) is 0. The third kappa shape index (κ3) is 3.82. The van der Waals surface area contributed by atoms with Gasteiger partial charge in [-0.25, -0.2) is 4.39 Å². The number of nitrogens with one attached hydrogen (secondary N) is 1. The molecule has 0 aromatic heterocycles. The second-order valence-corrected chi connectivity index (χ2v) is 5.60. The van der Waals surface area contributed by atoms with Crippen molar-refractivity contribution < 1.29 is 18.8 Å². The summed E-state index contributed by atoms with van der Waals surface area (Å²) in [5.74, 6) is -1.59. The monoisotopic (exact) mass is 341 g/mol. The van der Waals surface area contributed by atoms with Gasteiger partial charge in [0.15, 0.2) is 0 Å². The molecule has 1 aliphatic heterocycles. The van der Waals surface area contributed by atoms with Gasteiger partial charge in [0, 0.05) is 12.0 Å². The Morgan fingerprint density at radius 2 is 1.96 bits per heavy atom. The summed E-state index contributed by atoms with van der Waals surface area (Å²) in [5.41, 5.74) is 6.98. The predicted octanol–water partition coefficient (Wildman–Crippen LogP) is 1.66. The molecule has 0 unspecified atom stereocenters. The van der Waals surface area contributed by atoms with Gasteiger partial charge in [0.1, 0.15) is 11.9 Å². The number of oxime groups is 1. The van der Waals surface area contributed by atoms with Crippen molar-refractivity contribution >= 4 is 17.5 Å². The van der Waals surface area contributed by atoms with Gasteiger partial charge in [0.2, 0.25) is 12.0 Å². The van der Waals surface area contributed by atoms with Crippen molar-refractivity contribution in [3.8, 4) is 0 Å². The summed E-state index contributed by atoms with van der Waals surface area (Å²) in [6.07, 6.45) is -0.723. The lowest BCUT2D eigenvalue weighted by Gasteiger charge is -2.17. The molecule has 0 saturated heterocycles. The number of carbonyl (C=O) groups excluding carboxylic acids is 2. The van der Waals surface area contributed by atoms with E-state index in [1.807, 2.05) is 0 Å². The molecule has 1 aliphatic rings. The molecule has 0 radical (unpaired) electrons. The normalized spacial score (nSPS) is 17.3. The molecule has 128 valence electrons. The van der Waals surface area contributed by atoms with Gasteiger partial charge in [-0.05, 0) is 17.7 Å². The van der Waals surface area contributed by atoms with E-state index in [4.69, 9.17) is 10.6 Å². The Bertz CT molecular complexity index is 823. The van der Waals surface area contributed by atoms with Gasteiger partial charge >= 0.3 is 0 Å².